The van der Waals surface area contributed by atoms with Crippen LogP contribution in [0.25, 0.3) is 6.08 Å². The average molecular weight is 283 g/mol. The summed E-state index contributed by atoms with van der Waals surface area (Å²) in [7, 11) is 0. The second-order valence-electron chi connectivity index (χ2n) is 3.86. The molecule has 5 nitrogen and oxygen atoms in total. The molecule has 1 aromatic carbocycles. The fourth-order valence-electron chi connectivity index (χ4n) is 1.61. The minimum absolute atomic E-state index is 0.0839. The second kappa shape index (κ2) is 6.80. The van der Waals surface area contributed by atoms with Crippen LogP contribution in [0.4, 0.5) is 5.69 Å². The summed E-state index contributed by atoms with van der Waals surface area (Å²) in [4.78, 5) is 23.1. The Hall–Kier alpha value is -2.01. The Balaban J connectivity index is 2.98. The Kier molecular flexibility index (Phi) is 5.38. The van der Waals surface area contributed by atoms with E-state index in [1.54, 1.807) is 23.1 Å². The van der Waals surface area contributed by atoms with Crippen LogP contribution in [-0.4, -0.2) is 30.1 Å². The molecule has 0 aliphatic rings. The van der Waals surface area contributed by atoms with Crippen molar-refractivity contribution >= 4 is 35.2 Å². The Labute approximate surface area is 116 Å². The summed E-state index contributed by atoms with van der Waals surface area (Å²) in [5.74, 6) is -1.46. The Morgan fingerprint density at radius 1 is 1.47 bits per heavy atom. The third-order valence-corrected chi connectivity index (χ3v) is 2.76. The molecule has 0 heterocycles. The van der Waals surface area contributed by atoms with Crippen molar-refractivity contribution in [1.29, 1.82) is 0 Å². The first-order valence-electron chi connectivity index (χ1n) is 5.67. The number of primary amides is 1. The molecule has 0 aliphatic heterocycles. The summed E-state index contributed by atoms with van der Waals surface area (Å²) >= 11 is 6.13. The predicted molar refractivity (Wildman–Crippen MR) is 75.2 cm³/mol. The predicted octanol–water partition coefficient (Wildman–Crippen LogP) is 1.75. The van der Waals surface area contributed by atoms with E-state index in [0.717, 1.165) is 6.08 Å². The maximum Gasteiger partial charge on any atom is 0.328 e. The normalized spacial score (nSPS) is 10.6. The Morgan fingerprint density at radius 3 is 2.63 bits per heavy atom. The number of carbonyl (C=O) groups excluding carboxylic acids is 1. The Bertz CT molecular complexity index is 515. The third-order valence-electron chi connectivity index (χ3n) is 2.46. The van der Waals surface area contributed by atoms with Crippen LogP contribution in [0.15, 0.2) is 24.3 Å². The third kappa shape index (κ3) is 4.63. The Morgan fingerprint density at radius 2 is 2.16 bits per heavy atom. The fourth-order valence-corrected chi connectivity index (χ4v) is 1.91. The van der Waals surface area contributed by atoms with Gasteiger partial charge < -0.3 is 15.7 Å². The first-order valence-corrected chi connectivity index (χ1v) is 6.05. The number of nitrogens with two attached hydrogens (primary N) is 1. The molecule has 6 heteroatoms. The van der Waals surface area contributed by atoms with Crippen LogP contribution in [0.3, 0.4) is 0 Å². The molecule has 0 unspecified atom stereocenters. The van der Waals surface area contributed by atoms with Gasteiger partial charge in [-0.25, -0.2) is 4.79 Å². The topological polar surface area (TPSA) is 83.6 Å². The molecule has 0 bridgehead atoms. The van der Waals surface area contributed by atoms with Gasteiger partial charge in [0.25, 0.3) is 0 Å². The molecule has 0 aromatic heterocycles. The number of anilines is 1. The van der Waals surface area contributed by atoms with E-state index in [9.17, 15) is 9.59 Å². The van der Waals surface area contributed by atoms with E-state index in [-0.39, 0.29) is 6.54 Å². The standard InChI is InChI=1S/C13H15ClN2O3/c1-2-16(8-12(15)17)11-5-3-9(7-10(11)14)4-6-13(18)19/h3-7H,2,8H2,1H3,(H2,15,17)(H,18,19)/b6-4+. The van der Waals surface area contributed by atoms with E-state index in [4.69, 9.17) is 22.4 Å². The van der Waals surface area contributed by atoms with Crippen molar-refractivity contribution in [2.24, 2.45) is 5.73 Å². The van der Waals surface area contributed by atoms with Gasteiger partial charge in [0, 0.05) is 12.6 Å². The van der Waals surface area contributed by atoms with E-state index in [2.05, 4.69) is 0 Å². The molecule has 1 rings (SSSR count). The van der Waals surface area contributed by atoms with Gasteiger partial charge in [0.1, 0.15) is 0 Å². The number of halogens is 1. The molecule has 19 heavy (non-hydrogen) atoms. The lowest BCUT2D eigenvalue weighted by Gasteiger charge is -2.22. The number of aliphatic carboxylic acids is 1. The summed E-state index contributed by atoms with van der Waals surface area (Å²) in [6.45, 7) is 2.56. The number of benzene rings is 1. The van der Waals surface area contributed by atoms with Crippen LogP contribution >= 0.6 is 11.6 Å². The molecular formula is C13H15ClN2O3. The zero-order valence-electron chi connectivity index (χ0n) is 10.5. The van der Waals surface area contributed by atoms with E-state index < -0.39 is 11.9 Å². The number of likely N-dealkylation sites (N-methyl/N-ethyl adjacent to an activating group) is 1. The van der Waals surface area contributed by atoms with Crippen molar-refractivity contribution in [3.05, 3.63) is 34.9 Å². The van der Waals surface area contributed by atoms with Gasteiger partial charge in [0.15, 0.2) is 0 Å². The number of carbonyl (C=O) groups is 2. The van der Waals surface area contributed by atoms with Crippen molar-refractivity contribution < 1.29 is 14.7 Å². The minimum Gasteiger partial charge on any atom is -0.478 e. The van der Waals surface area contributed by atoms with Gasteiger partial charge in [0.2, 0.25) is 5.91 Å². The van der Waals surface area contributed by atoms with Crippen LogP contribution < -0.4 is 10.6 Å². The van der Waals surface area contributed by atoms with Gasteiger partial charge in [-0.05, 0) is 30.7 Å². The highest BCUT2D eigenvalue weighted by atomic mass is 35.5. The second-order valence-corrected chi connectivity index (χ2v) is 4.27. The highest BCUT2D eigenvalue weighted by molar-refractivity contribution is 6.33. The largest absolute Gasteiger partial charge is 0.478 e. The van der Waals surface area contributed by atoms with Gasteiger partial charge >= 0.3 is 5.97 Å². The maximum atomic E-state index is 11.0. The number of carboxylic acid groups (broad SMARTS) is 1. The molecule has 0 aliphatic carbocycles. The lowest BCUT2D eigenvalue weighted by atomic mass is 10.1. The van der Waals surface area contributed by atoms with Gasteiger partial charge in [0.05, 0.1) is 17.3 Å². The number of rotatable bonds is 6. The number of amides is 1. The zero-order chi connectivity index (χ0) is 14.4. The maximum absolute atomic E-state index is 11.0. The van der Waals surface area contributed by atoms with Crippen molar-refractivity contribution in [2.75, 3.05) is 18.0 Å². The molecule has 0 atom stereocenters. The van der Waals surface area contributed by atoms with Crippen molar-refractivity contribution in [2.45, 2.75) is 6.92 Å². The molecule has 3 N–H and O–H groups in total. The van der Waals surface area contributed by atoms with E-state index in [1.165, 1.54) is 6.08 Å². The first-order chi connectivity index (χ1) is 8.93. The molecule has 0 saturated heterocycles. The molecule has 0 fully saturated rings. The number of carboxylic acids is 1. The summed E-state index contributed by atoms with van der Waals surface area (Å²) in [5, 5.41) is 8.99. The molecule has 1 amide bonds. The van der Waals surface area contributed by atoms with Crippen LogP contribution in [0.1, 0.15) is 12.5 Å². The molecule has 102 valence electrons. The van der Waals surface area contributed by atoms with Crippen molar-refractivity contribution in [1.82, 2.24) is 0 Å². The summed E-state index contributed by atoms with van der Waals surface area (Å²) in [6.07, 6.45) is 2.48. The minimum atomic E-state index is -1.02. The number of hydrogen-bond acceptors (Lipinski definition) is 3. The van der Waals surface area contributed by atoms with Gasteiger partial charge in [-0.2, -0.15) is 0 Å². The molecule has 1 aromatic rings. The highest BCUT2D eigenvalue weighted by Gasteiger charge is 2.11. The lowest BCUT2D eigenvalue weighted by molar-refractivity contribution is -0.131. The van der Waals surface area contributed by atoms with E-state index in [0.29, 0.717) is 22.8 Å². The quantitative estimate of drug-likeness (QED) is 0.779. The average Bonchev–Trinajstić information content (AvgIpc) is 2.33. The van der Waals surface area contributed by atoms with Gasteiger partial charge in [-0.1, -0.05) is 17.7 Å². The first kappa shape index (κ1) is 15.0. The summed E-state index contributed by atoms with van der Waals surface area (Å²) in [6, 6.07) is 5.10. The van der Waals surface area contributed by atoms with Gasteiger partial charge in [-0.15, -0.1) is 0 Å². The highest BCUT2D eigenvalue weighted by Crippen LogP contribution is 2.27. The van der Waals surface area contributed by atoms with Crippen LogP contribution in [-0.2, 0) is 9.59 Å². The summed E-state index contributed by atoms with van der Waals surface area (Å²) < 4.78 is 0. The number of nitrogens with zero attached hydrogens (tertiary/aromatic N) is 1. The van der Waals surface area contributed by atoms with Crippen molar-refractivity contribution in [3.8, 4) is 0 Å². The van der Waals surface area contributed by atoms with E-state index in [1.807, 2.05) is 6.92 Å². The van der Waals surface area contributed by atoms with E-state index >= 15 is 0 Å². The van der Waals surface area contributed by atoms with Crippen LogP contribution in [0, 0.1) is 0 Å². The zero-order valence-corrected chi connectivity index (χ0v) is 11.2. The molecule has 0 radical (unpaired) electrons. The van der Waals surface area contributed by atoms with Crippen LogP contribution in [0.2, 0.25) is 5.02 Å². The van der Waals surface area contributed by atoms with Gasteiger partial charge in [-0.3, -0.25) is 4.79 Å². The molecule has 0 saturated carbocycles. The van der Waals surface area contributed by atoms with Crippen molar-refractivity contribution in [3.63, 3.8) is 0 Å². The lowest BCUT2D eigenvalue weighted by Crippen LogP contribution is -2.33. The molecule has 0 spiro atoms. The smallest absolute Gasteiger partial charge is 0.328 e. The molecular weight excluding hydrogens is 268 g/mol. The monoisotopic (exact) mass is 282 g/mol. The van der Waals surface area contributed by atoms with Crippen LogP contribution in [0.5, 0.6) is 0 Å². The number of hydrogen-bond donors (Lipinski definition) is 2. The summed E-state index contributed by atoms with van der Waals surface area (Å²) in [5.41, 5.74) is 6.53. The SMILES string of the molecule is CCN(CC(N)=O)c1ccc(/C=C/C(=O)O)cc1Cl. The fraction of sp³-hybridized carbons (Fsp3) is 0.231.